The van der Waals surface area contributed by atoms with Crippen molar-refractivity contribution < 1.29 is 9.53 Å². The summed E-state index contributed by atoms with van der Waals surface area (Å²) in [6.45, 7) is 4.07. The topological polar surface area (TPSA) is 55.6 Å². The van der Waals surface area contributed by atoms with Crippen LogP contribution in [0.25, 0.3) is 0 Å². The van der Waals surface area contributed by atoms with Crippen LogP contribution < -0.4 is 10.5 Å². The maximum Gasteiger partial charge on any atom is 0.223 e. The van der Waals surface area contributed by atoms with Gasteiger partial charge in [-0.15, -0.1) is 0 Å². The van der Waals surface area contributed by atoms with Gasteiger partial charge in [0.15, 0.2) is 0 Å². The van der Waals surface area contributed by atoms with E-state index in [1.54, 1.807) is 0 Å². The smallest absolute Gasteiger partial charge is 0.223 e. The normalized spacial score (nSPS) is 18.7. The van der Waals surface area contributed by atoms with Crippen LogP contribution in [0.15, 0.2) is 24.3 Å². The minimum atomic E-state index is 0.222. The lowest BCUT2D eigenvalue weighted by atomic mass is 10.2. The number of carbonyl (C=O) groups excluding carboxylic acids is 1. The van der Waals surface area contributed by atoms with Gasteiger partial charge in [-0.2, -0.15) is 0 Å². The number of likely N-dealkylation sites (tertiary alicyclic amines) is 1. The van der Waals surface area contributed by atoms with E-state index < -0.39 is 0 Å². The standard InChI is InChI=1S/C14H18N2O2S/c1-10-8-13(17)16(9-10)6-7-18-12-4-2-11(3-5-12)14(15)19/h2-5,10H,6-9H2,1H3,(H2,15,19). The largest absolute Gasteiger partial charge is 0.492 e. The van der Waals surface area contributed by atoms with Crippen LogP contribution in [0.2, 0.25) is 0 Å². The molecule has 1 amide bonds. The molecule has 102 valence electrons. The van der Waals surface area contributed by atoms with Crippen molar-refractivity contribution in [2.45, 2.75) is 13.3 Å². The molecule has 0 spiro atoms. The maximum absolute atomic E-state index is 11.6. The highest BCUT2D eigenvalue weighted by Crippen LogP contribution is 2.17. The monoisotopic (exact) mass is 278 g/mol. The number of nitrogens with zero attached hydrogens (tertiary/aromatic N) is 1. The number of ether oxygens (including phenoxy) is 1. The Kier molecular flexibility index (Phi) is 4.37. The van der Waals surface area contributed by atoms with Gasteiger partial charge in [0.2, 0.25) is 5.91 Å². The first-order valence-electron chi connectivity index (χ1n) is 6.36. The van der Waals surface area contributed by atoms with Crippen LogP contribution in [0.4, 0.5) is 0 Å². The molecule has 4 nitrogen and oxygen atoms in total. The summed E-state index contributed by atoms with van der Waals surface area (Å²) in [4.78, 5) is 13.8. The highest BCUT2D eigenvalue weighted by molar-refractivity contribution is 7.80. The molecule has 0 bridgehead atoms. The molecule has 0 aliphatic carbocycles. The molecule has 1 atom stereocenters. The first kappa shape index (κ1) is 13.8. The van der Waals surface area contributed by atoms with E-state index in [1.807, 2.05) is 29.2 Å². The van der Waals surface area contributed by atoms with Crippen LogP contribution in [0.1, 0.15) is 18.9 Å². The number of rotatable bonds is 5. The SMILES string of the molecule is CC1CC(=O)N(CCOc2ccc(C(N)=S)cc2)C1. The van der Waals surface area contributed by atoms with E-state index in [9.17, 15) is 4.79 Å². The fourth-order valence-electron chi connectivity index (χ4n) is 2.17. The van der Waals surface area contributed by atoms with Crippen LogP contribution in [-0.2, 0) is 4.79 Å². The summed E-state index contributed by atoms with van der Waals surface area (Å²) in [5.74, 6) is 1.44. The zero-order valence-corrected chi connectivity index (χ0v) is 11.8. The number of hydrogen-bond acceptors (Lipinski definition) is 3. The van der Waals surface area contributed by atoms with Gasteiger partial charge in [-0.1, -0.05) is 19.1 Å². The molecule has 1 fully saturated rings. The number of nitrogens with two attached hydrogens (primary N) is 1. The first-order valence-corrected chi connectivity index (χ1v) is 6.77. The van der Waals surface area contributed by atoms with Crippen molar-refractivity contribution >= 4 is 23.1 Å². The predicted molar refractivity (Wildman–Crippen MR) is 78.2 cm³/mol. The summed E-state index contributed by atoms with van der Waals surface area (Å²) in [5.41, 5.74) is 6.35. The van der Waals surface area contributed by atoms with E-state index in [0.717, 1.165) is 17.9 Å². The van der Waals surface area contributed by atoms with Gasteiger partial charge >= 0.3 is 0 Å². The maximum atomic E-state index is 11.6. The van der Waals surface area contributed by atoms with Crippen molar-refractivity contribution in [2.24, 2.45) is 11.7 Å². The molecule has 2 rings (SSSR count). The van der Waals surface area contributed by atoms with Crippen LogP contribution in [0.5, 0.6) is 5.75 Å². The van der Waals surface area contributed by atoms with E-state index >= 15 is 0 Å². The zero-order chi connectivity index (χ0) is 13.8. The Morgan fingerprint density at radius 1 is 1.47 bits per heavy atom. The van der Waals surface area contributed by atoms with Crippen LogP contribution in [0.3, 0.4) is 0 Å². The minimum Gasteiger partial charge on any atom is -0.492 e. The van der Waals surface area contributed by atoms with Gasteiger partial charge in [0, 0.05) is 18.5 Å². The number of benzene rings is 1. The molecular formula is C14H18N2O2S. The van der Waals surface area contributed by atoms with Gasteiger partial charge in [-0.3, -0.25) is 4.79 Å². The molecular weight excluding hydrogens is 260 g/mol. The van der Waals surface area contributed by atoms with Gasteiger partial charge < -0.3 is 15.4 Å². The Hall–Kier alpha value is -1.62. The fourth-order valence-corrected chi connectivity index (χ4v) is 2.31. The van der Waals surface area contributed by atoms with Crippen LogP contribution >= 0.6 is 12.2 Å². The Morgan fingerprint density at radius 2 is 2.16 bits per heavy atom. The minimum absolute atomic E-state index is 0.222. The van der Waals surface area contributed by atoms with Gasteiger partial charge in [0.25, 0.3) is 0 Å². The van der Waals surface area contributed by atoms with Gasteiger partial charge in [0.05, 0.1) is 6.54 Å². The van der Waals surface area contributed by atoms with E-state index in [1.165, 1.54) is 0 Å². The summed E-state index contributed by atoms with van der Waals surface area (Å²) in [6.07, 6.45) is 0.655. The fraction of sp³-hybridized carbons (Fsp3) is 0.429. The number of amides is 1. The number of carbonyl (C=O) groups is 1. The molecule has 2 N–H and O–H groups in total. The molecule has 0 aromatic heterocycles. The van der Waals surface area contributed by atoms with E-state index in [-0.39, 0.29) is 5.91 Å². The predicted octanol–water partition coefficient (Wildman–Crippen LogP) is 1.57. The second kappa shape index (κ2) is 6.02. The van der Waals surface area contributed by atoms with Gasteiger partial charge in [-0.25, -0.2) is 0 Å². The molecule has 1 heterocycles. The van der Waals surface area contributed by atoms with E-state index in [0.29, 0.717) is 30.5 Å². The average Bonchev–Trinajstić information content (AvgIpc) is 2.68. The highest BCUT2D eigenvalue weighted by atomic mass is 32.1. The second-order valence-electron chi connectivity index (χ2n) is 4.89. The Morgan fingerprint density at radius 3 is 2.68 bits per heavy atom. The molecule has 0 saturated carbocycles. The molecule has 5 heteroatoms. The Labute approximate surface area is 118 Å². The van der Waals surface area contributed by atoms with Crippen molar-refractivity contribution in [3.63, 3.8) is 0 Å². The lowest BCUT2D eigenvalue weighted by molar-refractivity contribution is -0.128. The molecule has 1 saturated heterocycles. The summed E-state index contributed by atoms with van der Waals surface area (Å²) >= 11 is 4.88. The molecule has 1 aromatic rings. The molecule has 1 unspecified atom stereocenters. The molecule has 1 aromatic carbocycles. The summed E-state index contributed by atoms with van der Waals surface area (Å²) < 4.78 is 5.61. The van der Waals surface area contributed by atoms with Gasteiger partial charge in [-0.05, 0) is 30.2 Å². The molecule has 0 radical (unpaired) electrons. The average molecular weight is 278 g/mol. The third kappa shape index (κ3) is 3.67. The van der Waals surface area contributed by atoms with Crippen molar-refractivity contribution in [3.05, 3.63) is 29.8 Å². The highest BCUT2D eigenvalue weighted by Gasteiger charge is 2.25. The summed E-state index contributed by atoms with van der Waals surface area (Å²) in [5, 5.41) is 0. The summed E-state index contributed by atoms with van der Waals surface area (Å²) in [7, 11) is 0. The molecule has 19 heavy (non-hydrogen) atoms. The number of thiocarbonyl (C=S) groups is 1. The quantitative estimate of drug-likeness (QED) is 0.831. The number of hydrogen-bond donors (Lipinski definition) is 1. The van der Waals surface area contributed by atoms with Crippen molar-refractivity contribution in [1.82, 2.24) is 4.90 Å². The lowest BCUT2D eigenvalue weighted by Gasteiger charge is -2.16. The van der Waals surface area contributed by atoms with Crippen LogP contribution in [0, 0.1) is 5.92 Å². The summed E-state index contributed by atoms with van der Waals surface area (Å²) in [6, 6.07) is 7.34. The van der Waals surface area contributed by atoms with Crippen molar-refractivity contribution in [1.29, 1.82) is 0 Å². The third-order valence-electron chi connectivity index (χ3n) is 3.18. The van der Waals surface area contributed by atoms with Gasteiger partial charge in [0.1, 0.15) is 17.3 Å². The zero-order valence-electron chi connectivity index (χ0n) is 11.0. The van der Waals surface area contributed by atoms with Crippen LogP contribution in [-0.4, -0.2) is 35.5 Å². The van der Waals surface area contributed by atoms with E-state index in [2.05, 4.69) is 6.92 Å². The first-order chi connectivity index (χ1) is 9.06. The Bertz CT molecular complexity index is 473. The lowest BCUT2D eigenvalue weighted by Crippen LogP contribution is -2.29. The van der Waals surface area contributed by atoms with Crippen molar-refractivity contribution in [2.75, 3.05) is 19.7 Å². The molecule has 1 aliphatic heterocycles. The van der Waals surface area contributed by atoms with Crippen molar-refractivity contribution in [3.8, 4) is 5.75 Å². The van der Waals surface area contributed by atoms with E-state index in [4.69, 9.17) is 22.7 Å². The molecule has 1 aliphatic rings. The Balaban J connectivity index is 1.79. The third-order valence-corrected chi connectivity index (χ3v) is 3.41. The second-order valence-corrected chi connectivity index (χ2v) is 5.33.